The minimum absolute atomic E-state index is 0.138. The maximum Gasteiger partial charge on any atom is 0.151 e. The lowest BCUT2D eigenvalue weighted by molar-refractivity contribution is 0.415. The average molecular weight is 285 g/mol. The van der Waals surface area contributed by atoms with Crippen LogP contribution in [0.1, 0.15) is 0 Å². The zero-order valence-corrected chi connectivity index (χ0v) is 10.8. The molecular weight excluding hydrogens is 274 g/mol. The van der Waals surface area contributed by atoms with Gasteiger partial charge in [-0.15, -0.1) is 0 Å². The number of rotatable bonds is 3. The first kappa shape index (κ1) is 13.4. The maximum atomic E-state index is 13.3. The molecule has 0 bridgehead atoms. The summed E-state index contributed by atoms with van der Waals surface area (Å²) in [4.78, 5) is 0. The lowest BCUT2D eigenvalue weighted by Gasteiger charge is -2.11. The summed E-state index contributed by atoms with van der Waals surface area (Å²) in [5.74, 6) is -1.03. The third kappa shape index (κ3) is 2.88. The minimum atomic E-state index is -0.817. The molecule has 0 aliphatic carbocycles. The second-order valence-corrected chi connectivity index (χ2v) is 4.23. The van der Waals surface area contributed by atoms with Gasteiger partial charge >= 0.3 is 0 Å². The third-order valence-corrected chi connectivity index (χ3v) is 2.82. The van der Waals surface area contributed by atoms with Crippen LogP contribution in [0.4, 0.5) is 25.8 Å². The normalized spacial score (nSPS) is 10.3. The van der Waals surface area contributed by atoms with Gasteiger partial charge in [-0.05, 0) is 24.3 Å². The molecular formula is C13H11ClF2N2O. The quantitative estimate of drug-likeness (QED) is 0.839. The summed E-state index contributed by atoms with van der Waals surface area (Å²) in [6.45, 7) is 0. The zero-order valence-electron chi connectivity index (χ0n) is 10.0. The number of hydrogen-bond acceptors (Lipinski definition) is 3. The largest absolute Gasteiger partial charge is 0.495 e. The van der Waals surface area contributed by atoms with Crippen LogP contribution in [0.2, 0.25) is 5.02 Å². The van der Waals surface area contributed by atoms with Crippen LogP contribution in [0.15, 0.2) is 30.3 Å². The molecule has 3 N–H and O–H groups in total. The summed E-state index contributed by atoms with van der Waals surface area (Å²) in [5, 5.41) is 3.18. The number of hydrogen-bond donors (Lipinski definition) is 2. The van der Waals surface area contributed by atoms with Gasteiger partial charge in [0, 0.05) is 11.8 Å². The molecule has 0 atom stereocenters. The van der Waals surface area contributed by atoms with E-state index in [9.17, 15) is 8.78 Å². The van der Waals surface area contributed by atoms with Crippen LogP contribution in [0.5, 0.6) is 5.75 Å². The molecule has 0 saturated carbocycles. The van der Waals surface area contributed by atoms with Gasteiger partial charge in [0.2, 0.25) is 0 Å². The number of methoxy groups -OCH3 is 1. The molecule has 0 saturated heterocycles. The van der Waals surface area contributed by atoms with E-state index in [1.54, 1.807) is 18.2 Å². The molecule has 0 aromatic heterocycles. The molecule has 2 rings (SSSR count). The fraction of sp³-hybridized carbons (Fsp3) is 0.0769. The van der Waals surface area contributed by atoms with Crippen molar-refractivity contribution >= 4 is 28.7 Å². The lowest BCUT2D eigenvalue weighted by atomic mass is 10.2. The Hall–Kier alpha value is -2.01. The highest BCUT2D eigenvalue weighted by molar-refractivity contribution is 6.32. The summed E-state index contributed by atoms with van der Waals surface area (Å²) >= 11 is 5.95. The van der Waals surface area contributed by atoms with Crippen LogP contribution in [-0.2, 0) is 0 Å². The van der Waals surface area contributed by atoms with Crippen molar-refractivity contribution in [1.82, 2.24) is 0 Å². The molecule has 19 heavy (non-hydrogen) atoms. The van der Waals surface area contributed by atoms with Gasteiger partial charge in [0.15, 0.2) is 5.82 Å². The van der Waals surface area contributed by atoms with Gasteiger partial charge in [-0.1, -0.05) is 11.6 Å². The van der Waals surface area contributed by atoms with Crippen LogP contribution in [0.25, 0.3) is 0 Å². The number of benzene rings is 2. The first-order valence-electron chi connectivity index (χ1n) is 5.36. The van der Waals surface area contributed by atoms with Crippen LogP contribution in [0.3, 0.4) is 0 Å². The standard InChI is InChI=1S/C13H11ClF2N2O/c1-19-12-3-2-8(6-9(12)14)18-11-5-7(15)4-10(16)13(11)17/h2-6,18H,17H2,1H3. The zero-order chi connectivity index (χ0) is 14.0. The molecule has 0 aliphatic heterocycles. The fourth-order valence-electron chi connectivity index (χ4n) is 1.59. The molecule has 100 valence electrons. The lowest BCUT2D eigenvalue weighted by Crippen LogP contribution is -2.00. The highest BCUT2D eigenvalue weighted by Gasteiger charge is 2.09. The monoisotopic (exact) mass is 284 g/mol. The predicted octanol–water partition coefficient (Wildman–Crippen LogP) is 3.95. The van der Waals surface area contributed by atoms with E-state index in [0.29, 0.717) is 16.5 Å². The molecule has 0 spiro atoms. The topological polar surface area (TPSA) is 47.3 Å². The van der Waals surface area contributed by atoms with Crippen molar-refractivity contribution in [3.8, 4) is 5.75 Å². The fourth-order valence-corrected chi connectivity index (χ4v) is 1.85. The maximum absolute atomic E-state index is 13.3. The van der Waals surface area contributed by atoms with E-state index in [1.165, 1.54) is 7.11 Å². The van der Waals surface area contributed by atoms with E-state index in [-0.39, 0.29) is 11.4 Å². The van der Waals surface area contributed by atoms with E-state index < -0.39 is 11.6 Å². The van der Waals surface area contributed by atoms with Gasteiger partial charge in [0.25, 0.3) is 0 Å². The van der Waals surface area contributed by atoms with Crippen molar-refractivity contribution in [3.63, 3.8) is 0 Å². The van der Waals surface area contributed by atoms with E-state index in [2.05, 4.69) is 5.32 Å². The van der Waals surface area contributed by atoms with Crippen molar-refractivity contribution in [3.05, 3.63) is 47.0 Å². The molecule has 6 heteroatoms. The number of nitrogen functional groups attached to an aromatic ring is 1. The van der Waals surface area contributed by atoms with E-state index in [1.807, 2.05) is 0 Å². The van der Waals surface area contributed by atoms with Crippen molar-refractivity contribution in [2.24, 2.45) is 0 Å². The molecule has 3 nitrogen and oxygen atoms in total. The van der Waals surface area contributed by atoms with Gasteiger partial charge in [0.05, 0.1) is 23.5 Å². The number of nitrogens with one attached hydrogen (secondary N) is 1. The summed E-state index contributed by atoms with van der Waals surface area (Å²) in [5.41, 5.74) is 6.05. The Balaban J connectivity index is 2.33. The second kappa shape index (κ2) is 5.32. The van der Waals surface area contributed by atoms with Crippen molar-refractivity contribution in [1.29, 1.82) is 0 Å². The van der Waals surface area contributed by atoms with Crippen molar-refractivity contribution in [2.75, 3.05) is 18.2 Å². The minimum Gasteiger partial charge on any atom is -0.495 e. The van der Waals surface area contributed by atoms with Crippen LogP contribution in [0, 0.1) is 11.6 Å². The van der Waals surface area contributed by atoms with Gasteiger partial charge in [-0.25, -0.2) is 8.78 Å². The van der Waals surface area contributed by atoms with Gasteiger partial charge < -0.3 is 15.8 Å². The Morgan fingerprint density at radius 1 is 1.21 bits per heavy atom. The molecule has 0 heterocycles. The number of nitrogens with two attached hydrogens (primary N) is 1. The third-order valence-electron chi connectivity index (χ3n) is 2.53. The molecule has 2 aromatic rings. The Kier molecular flexibility index (Phi) is 3.76. The summed E-state index contributed by atoms with van der Waals surface area (Å²) in [7, 11) is 1.49. The summed E-state index contributed by atoms with van der Waals surface area (Å²) in [6.07, 6.45) is 0. The Bertz CT molecular complexity index is 620. The SMILES string of the molecule is COc1ccc(Nc2cc(F)cc(F)c2N)cc1Cl. The smallest absolute Gasteiger partial charge is 0.151 e. The number of halogens is 3. The Morgan fingerprint density at radius 2 is 1.95 bits per heavy atom. The molecule has 0 unspecified atom stereocenters. The predicted molar refractivity (Wildman–Crippen MR) is 72.1 cm³/mol. The Labute approximate surface area is 113 Å². The summed E-state index contributed by atoms with van der Waals surface area (Å²) < 4.78 is 31.4. The first-order valence-corrected chi connectivity index (χ1v) is 5.74. The second-order valence-electron chi connectivity index (χ2n) is 3.82. The molecule has 0 aliphatic rings. The van der Waals surface area contributed by atoms with Gasteiger partial charge in [-0.3, -0.25) is 0 Å². The van der Waals surface area contributed by atoms with Gasteiger partial charge in [0.1, 0.15) is 11.6 Å². The highest BCUT2D eigenvalue weighted by atomic mass is 35.5. The van der Waals surface area contributed by atoms with E-state index >= 15 is 0 Å². The summed E-state index contributed by atoms with van der Waals surface area (Å²) in [6, 6.07) is 6.70. The number of ether oxygens (including phenoxy) is 1. The number of anilines is 3. The molecule has 0 amide bonds. The Morgan fingerprint density at radius 3 is 2.58 bits per heavy atom. The van der Waals surface area contributed by atoms with Crippen molar-refractivity contribution in [2.45, 2.75) is 0 Å². The van der Waals surface area contributed by atoms with E-state index in [0.717, 1.165) is 12.1 Å². The molecule has 2 aromatic carbocycles. The van der Waals surface area contributed by atoms with Crippen molar-refractivity contribution < 1.29 is 13.5 Å². The van der Waals surface area contributed by atoms with E-state index in [4.69, 9.17) is 22.1 Å². The van der Waals surface area contributed by atoms with Gasteiger partial charge in [-0.2, -0.15) is 0 Å². The molecule has 0 fully saturated rings. The van der Waals surface area contributed by atoms with Crippen LogP contribution in [-0.4, -0.2) is 7.11 Å². The first-order chi connectivity index (χ1) is 9.01. The average Bonchev–Trinajstić information content (AvgIpc) is 2.35. The highest BCUT2D eigenvalue weighted by Crippen LogP contribution is 2.31. The molecule has 0 radical (unpaired) electrons. The van der Waals surface area contributed by atoms with Crippen LogP contribution < -0.4 is 15.8 Å². The van der Waals surface area contributed by atoms with Crippen LogP contribution >= 0.6 is 11.6 Å².